The molecule has 124 heavy (non-hydrogen) atoms. The van der Waals surface area contributed by atoms with E-state index in [2.05, 4.69) is 333 Å². The number of anilines is 3. The lowest BCUT2D eigenvalue weighted by Gasteiger charge is -2.08. The summed E-state index contributed by atoms with van der Waals surface area (Å²) in [6.45, 7) is 0. The van der Waals surface area contributed by atoms with Crippen molar-refractivity contribution in [3.8, 4) is 39.3 Å². The lowest BCUT2D eigenvalue weighted by atomic mass is 9.81. The molecular formula is C105H76BBrCl2I3N5O7. The van der Waals surface area contributed by atoms with Crippen molar-refractivity contribution in [2.24, 2.45) is 0 Å². The molecule has 5 N–H and O–H groups in total. The summed E-state index contributed by atoms with van der Waals surface area (Å²) < 4.78 is 38.4. The minimum atomic E-state index is -1.41. The minimum absolute atomic E-state index is 0.449. The molecule has 24 rings (SSSR count). The quantitative estimate of drug-likeness (QED) is 0.0503. The minimum Gasteiger partial charge on any atom is -0.456 e. The predicted molar refractivity (Wildman–Crippen MR) is 551 cm³/mol. The summed E-state index contributed by atoms with van der Waals surface area (Å²) >= 11 is 21.6. The maximum Gasteiger partial charge on any atom is 0.488 e. The van der Waals surface area contributed by atoms with E-state index in [1.807, 2.05) is 136 Å². The topological polar surface area (TPSA) is 159 Å². The average molecular weight is 2060 g/mol. The monoisotopic (exact) mass is 2060 g/mol. The molecule has 0 bridgehead atoms. The number of nitrogens with zero attached hydrogens (tertiary/aromatic N) is 3. The van der Waals surface area contributed by atoms with Gasteiger partial charge in [-0.05, 0) is 224 Å². The van der Waals surface area contributed by atoms with Gasteiger partial charge in [0.15, 0.2) is 0 Å². The molecule has 0 saturated heterocycles. The van der Waals surface area contributed by atoms with Gasteiger partial charge in [0.05, 0.1) is 32.7 Å². The molecule has 0 aliphatic carbocycles. The van der Waals surface area contributed by atoms with Crippen molar-refractivity contribution in [3.05, 3.63) is 391 Å². The second kappa shape index (κ2) is 38.0. The second-order valence-electron chi connectivity index (χ2n) is 28.8. The zero-order valence-electron chi connectivity index (χ0n) is 67.0. The molecule has 0 fully saturated rings. The van der Waals surface area contributed by atoms with Gasteiger partial charge in [-0.3, -0.25) is 13.7 Å². The van der Waals surface area contributed by atoms with Crippen LogP contribution in [0.1, 0.15) is 0 Å². The molecular weight excluding hydrogens is 1990 g/mol. The lowest BCUT2D eigenvalue weighted by Crippen LogP contribution is -2.29. The Morgan fingerprint density at radius 1 is 0.290 bits per heavy atom. The Hall–Kier alpha value is -12.0. The SMILES string of the molecule is Brc1ccc2oc3c(c2c1)c1ccccc1n3-c1ccccc1.CI.CI.CI.Clc1ccc(-c2ccc3oc4c(c3c2)c2ccccc2n4-c2ccccc2)cc1.Nc1ccc2oc3ccccc3c2c1.OB(O)c1ccc(Cl)cc1.c1ccc(-n2c3ccccc3c3c4cc(-c5ccc(Nc6ccc7oc8ccccc8c7c6)cc5)ccc4oc32)cc1. The van der Waals surface area contributed by atoms with E-state index < -0.39 is 7.12 Å². The Balaban J connectivity index is 0.000000116. The highest BCUT2D eigenvalue weighted by atomic mass is 127. The Morgan fingerprint density at radius 2 is 0.605 bits per heavy atom. The van der Waals surface area contributed by atoms with Crippen LogP contribution >= 0.6 is 107 Å². The molecule has 0 amide bonds. The van der Waals surface area contributed by atoms with Gasteiger partial charge in [0, 0.05) is 103 Å². The molecule has 0 aliphatic rings. The van der Waals surface area contributed by atoms with E-state index >= 15 is 0 Å². The molecule has 8 heterocycles. The number of nitrogens with one attached hydrogen (secondary N) is 1. The van der Waals surface area contributed by atoms with Crippen LogP contribution in [-0.4, -0.2) is 45.7 Å². The van der Waals surface area contributed by atoms with Crippen LogP contribution in [0.5, 0.6) is 0 Å². The molecule has 0 atom stereocenters. The number of nitrogens with two attached hydrogens (primary N) is 1. The van der Waals surface area contributed by atoms with Crippen molar-refractivity contribution in [2.75, 3.05) is 25.8 Å². The van der Waals surface area contributed by atoms with Crippen molar-refractivity contribution in [1.82, 2.24) is 13.7 Å². The van der Waals surface area contributed by atoms with Crippen LogP contribution in [0.3, 0.4) is 0 Å². The summed E-state index contributed by atoms with van der Waals surface area (Å²) in [7, 11) is -1.41. The predicted octanol–water partition coefficient (Wildman–Crippen LogP) is 31.3. The smallest absolute Gasteiger partial charge is 0.456 e. The lowest BCUT2D eigenvalue weighted by molar-refractivity contribution is 0.426. The van der Waals surface area contributed by atoms with Crippen molar-refractivity contribution < 1.29 is 32.1 Å². The van der Waals surface area contributed by atoms with E-state index in [1.165, 1.54) is 21.5 Å². The molecule has 12 nitrogen and oxygen atoms in total. The molecule has 16 aromatic carbocycles. The summed E-state index contributed by atoms with van der Waals surface area (Å²) in [6.07, 6.45) is 0. The second-order valence-corrected chi connectivity index (χ2v) is 30.6. The Kier molecular flexibility index (Phi) is 25.8. The van der Waals surface area contributed by atoms with Crippen LogP contribution < -0.4 is 16.5 Å². The Morgan fingerprint density at radius 3 is 1.03 bits per heavy atom. The maximum absolute atomic E-state index is 8.63. The largest absolute Gasteiger partial charge is 0.488 e. The number of halogens is 6. The maximum atomic E-state index is 8.63. The van der Waals surface area contributed by atoms with E-state index in [1.54, 1.807) is 24.3 Å². The van der Waals surface area contributed by atoms with Crippen LogP contribution in [-0.2, 0) is 0 Å². The highest BCUT2D eigenvalue weighted by Gasteiger charge is 2.24. The fourth-order valence-electron chi connectivity index (χ4n) is 16.0. The summed E-state index contributed by atoms with van der Waals surface area (Å²) in [6, 6.07) is 127. The number of fused-ring (bicyclic) bond motifs is 21. The van der Waals surface area contributed by atoms with Crippen LogP contribution in [0.25, 0.3) is 182 Å². The molecule has 0 aliphatic heterocycles. The van der Waals surface area contributed by atoms with E-state index in [4.69, 9.17) is 61.1 Å². The van der Waals surface area contributed by atoms with Gasteiger partial charge in [0.2, 0.25) is 17.1 Å². The van der Waals surface area contributed by atoms with Gasteiger partial charge in [-0.1, -0.05) is 301 Å². The first-order valence-corrected chi connectivity index (χ1v) is 47.6. The Labute approximate surface area is 773 Å². The standard InChI is InChI=1S/C38H24N2O2.C26H16ClNO.C20H12BrNO.C12H9NO.C6H6BClO2.3CH3I/c1-2-8-28(9-3-1)40-33-12-6-4-11-30(33)37-32-22-25(16-20-36(32)42-38(37)40)24-14-17-26(18-15-24)39-27-19-21-35-31(23-27)29-10-5-7-13-34(29)41-35;27-19-13-10-17(11-14-19)18-12-15-24-22(16-18)25-21-8-4-5-9-23(21)28(26(25)29-24)20-6-2-1-3-7-20;21-13-10-11-18-16(12-13)19-15-8-4-5-9-17(15)22(20(19)23-18)14-6-2-1-3-7-14;13-8-5-6-12-10(7-8)9-3-1-2-4-11(9)14-12;8-6-3-1-5(2-4-6)7(9)10;3*1-2/h1-23,39H;1-16H;1-12H;1-7H,13H2;1-4,9-10H;3*1H3. The summed E-state index contributed by atoms with van der Waals surface area (Å²) in [5.74, 6) is 0. The molecule has 0 spiro atoms. The number of aromatic nitrogens is 3. The van der Waals surface area contributed by atoms with E-state index in [-0.39, 0.29) is 0 Å². The molecule has 24 aromatic rings. The zero-order valence-corrected chi connectivity index (χ0v) is 76.6. The average Bonchev–Trinajstić information content (AvgIpc) is 1.57. The third-order valence-electron chi connectivity index (χ3n) is 21.5. The molecule has 0 saturated carbocycles. The van der Waals surface area contributed by atoms with Gasteiger partial charge in [-0.15, -0.1) is 0 Å². The molecule has 0 radical (unpaired) electrons. The number of hydrogen-bond donors (Lipinski definition) is 4. The molecule has 8 aromatic heterocycles. The Bertz CT molecular complexity index is 7890. The number of para-hydroxylation sites is 8. The summed E-state index contributed by atoms with van der Waals surface area (Å²) in [4.78, 5) is 5.91. The van der Waals surface area contributed by atoms with E-state index in [9.17, 15) is 0 Å². The number of alkyl halides is 3. The van der Waals surface area contributed by atoms with E-state index in [0.717, 1.165) is 187 Å². The van der Waals surface area contributed by atoms with Crippen LogP contribution in [0, 0.1) is 0 Å². The van der Waals surface area contributed by atoms with Gasteiger partial charge in [-0.2, -0.15) is 0 Å². The fourth-order valence-corrected chi connectivity index (χ4v) is 16.7. The highest BCUT2D eigenvalue weighted by molar-refractivity contribution is 14.1. The third-order valence-corrected chi connectivity index (χ3v) is 22.5. The van der Waals surface area contributed by atoms with Gasteiger partial charge in [0.25, 0.3) is 0 Å². The number of hydrogen-bond acceptors (Lipinski definition) is 9. The normalized spacial score (nSPS) is 11.1. The van der Waals surface area contributed by atoms with Crippen molar-refractivity contribution in [1.29, 1.82) is 0 Å². The number of benzene rings is 16. The van der Waals surface area contributed by atoms with Gasteiger partial charge in [0.1, 0.15) is 39.1 Å². The van der Waals surface area contributed by atoms with Gasteiger partial charge in [-0.25, -0.2) is 0 Å². The number of furan rings is 5. The van der Waals surface area contributed by atoms with Crippen molar-refractivity contribution >= 4 is 279 Å². The van der Waals surface area contributed by atoms with Gasteiger partial charge >= 0.3 is 7.12 Å². The summed E-state index contributed by atoms with van der Waals surface area (Å²) in [5, 5.41) is 37.0. The number of rotatable bonds is 8. The van der Waals surface area contributed by atoms with Crippen LogP contribution in [0.2, 0.25) is 10.0 Å². The number of nitrogen functional groups attached to an aromatic ring is 1. The first kappa shape index (κ1) is 84.2. The van der Waals surface area contributed by atoms with E-state index in [0.29, 0.717) is 10.5 Å². The molecule has 19 heteroatoms. The first-order chi connectivity index (χ1) is 61.0. The third kappa shape index (κ3) is 16.9. The summed E-state index contributed by atoms with van der Waals surface area (Å²) in [5.41, 5.74) is 29.3. The van der Waals surface area contributed by atoms with Crippen molar-refractivity contribution in [3.63, 3.8) is 0 Å². The highest BCUT2D eigenvalue weighted by Crippen LogP contribution is 2.45. The van der Waals surface area contributed by atoms with Gasteiger partial charge < -0.3 is 43.2 Å². The molecule has 0 unspecified atom stereocenters. The molecule has 608 valence electrons. The zero-order chi connectivity index (χ0) is 85.5. The fraction of sp³-hybridized carbons (Fsp3) is 0.0286. The van der Waals surface area contributed by atoms with Crippen LogP contribution in [0.15, 0.2) is 403 Å². The first-order valence-electron chi connectivity index (χ1n) is 39.6. The van der Waals surface area contributed by atoms with Crippen LogP contribution in [0.4, 0.5) is 17.1 Å². The van der Waals surface area contributed by atoms with Crippen molar-refractivity contribution in [2.45, 2.75) is 0 Å².